The number of aromatic nitrogens is 2. The molecular weight excluding hydrogens is 190 g/mol. The Morgan fingerprint density at radius 3 is 2.93 bits per heavy atom. The highest BCUT2D eigenvalue weighted by molar-refractivity contribution is 5.55. The van der Waals surface area contributed by atoms with Crippen LogP contribution in [0.3, 0.4) is 0 Å². The summed E-state index contributed by atoms with van der Waals surface area (Å²) in [6.07, 6.45) is 1.78. The van der Waals surface area contributed by atoms with Crippen LogP contribution in [0.1, 0.15) is 5.69 Å². The van der Waals surface area contributed by atoms with Crippen molar-refractivity contribution in [2.75, 3.05) is 12.4 Å². The first kappa shape index (κ1) is 9.58. The Labute approximate surface area is 88.3 Å². The second-order valence-electron chi connectivity index (χ2n) is 3.27. The van der Waals surface area contributed by atoms with E-state index in [1.807, 2.05) is 31.2 Å². The Kier molecular flexibility index (Phi) is 2.58. The number of H-pyrrole nitrogens is 1. The molecule has 0 aliphatic rings. The normalized spacial score (nSPS) is 10.0. The van der Waals surface area contributed by atoms with Crippen LogP contribution in [-0.2, 0) is 0 Å². The highest BCUT2D eigenvalue weighted by Gasteiger charge is 1.98. The first-order valence-corrected chi connectivity index (χ1v) is 4.70. The van der Waals surface area contributed by atoms with E-state index < -0.39 is 0 Å². The van der Waals surface area contributed by atoms with Crippen molar-refractivity contribution in [2.45, 2.75) is 6.92 Å². The van der Waals surface area contributed by atoms with Crippen LogP contribution in [0, 0.1) is 6.92 Å². The highest BCUT2D eigenvalue weighted by atomic mass is 16.5. The monoisotopic (exact) mass is 203 g/mol. The van der Waals surface area contributed by atoms with Crippen molar-refractivity contribution < 1.29 is 4.74 Å². The summed E-state index contributed by atoms with van der Waals surface area (Å²) in [4.78, 5) is 7.26. The fraction of sp³-hybridized carbons (Fsp3) is 0.182. The summed E-state index contributed by atoms with van der Waals surface area (Å²) in [6, 6.07) is 7.70. The number of hydrogen-bond acceptors (Lipinski definition) is 3. The van der Waals surface area contributed by atoms with Gasteiger partial charge in [-0.25, -0.2) is 4.98 Å². The minimum atomic E-state index is 0.737. The maximum atomic E-state index is 5.13. The van der Waals surface area contributed by atoms with Gasteiger partial charge in [0.2, 0.25) is 5.95 Å². The van der Waals surface area contributed by atoms with E-state index in [0.717, 1.165) is 23.1 Å². The molecule has 78 valence electrons. The van der Waals surface area contributed by atoms with E-state index in [1.54, 1.807) is 13.3 Å². The lowest BCUT2D eigenvalue weighted by atomic mass is 10.3. The zero-order chi connectivity index (χ0) is 10.7. The molecule has 15 heavy (non-hydrogen) atoms. The third kappa shape index (κ3) is 2.28. The Morgan fingerprint density at radius 2 is 2.27 bits per heavy atom. The molecule has 1 aromatic heterocycles. The lowest BCUT2D eigenvalue weighted by Crippen LogP contribution is -1.92. The molecule has 0 aliphatic heterocycles. The zero-order valence-corrected chi connectivity index (χ0v) is 8.74. The van der Waals surface area contributed by atoms with Gasteiger partial charge in [-0.3, -0.25) is 0 Å². The number of methoxy groups -OCH3 is 1. The Balaban J connectivity index is 2.16. The minimum Gasteiger partial charge on any atom is -0.497 e. The molecule has 1 heterocycles. The quantitative estimate of drug-likeness (QED) is 0.805. The van der Waals surface area contributed by atoms with Gasteiger partial charge in [-0.2, -0.15) is 0 Å². The maximum absolute atomic E-state index is 5.13. The highest BCUT2D eigenvalue weighted by Crippen LogP contribution is 2.19. The summed E-state index contributed by atoms with van der Waals surface area (Å²) >= 11 is 0. The van der Waals surface area contributed by atoms with E-state index in [9.17, 15) is 0 Å². The molecule has 4 nitrogen and oxygen atoms in total. The van der Waals surface area contributed by atoms with Crippen molar-refractivity contribution in [1.29, 1.82) is 0 Å². The van der Waals surface area contributed by atoms with Gasteiger partial charge >= 0.3 is 0 Å². The molecule has 0 bridgehead atoms. The number of hydrogen-bond donors (Lipinski definition) is 2. The molecular formula is C11H13N3O. The third-order valence-corrected chi connectivity index (χ3v) is 2.04. The van der Waals surface area contributed by atoms with Gasteiger partial charge in [0.25, 0.3) is 0 Å². The predicted octanol–water partition coefficient (Wildman–Crippen LogP) is 2.47. The largest absolute Gasteiger partial charge is 0.497 e. The number of nitrogens with zero attached hydrogens (tertiary/aromatic N) is 1. The summed E-state index contributed by atoms with van der Waals surface area (Å²) in [5.41, 5.74) is 1.98. The summed E-state index contributed by atoms with van der Waals surface area (Å²) in [5.74, 6) is 1.56. The van der Waals surface area contributed by atoms with Gasteiger partial charge in [0.15, 0.2) is 0 Å². The molecule has 0 amide bonds. The lowest BCUT2D eigenvalue weighted by Gasteiger charge is -2.04. The molecule has 0 radical (unpaired) electrons. The fourth-order valence-corrected chi connectivity index (χ4v) is 1.31. The standard InChI is InChI=1S/C11H13N3O/c1-8-7-12-11(13-8)14-9-4-3-5-10(6-9)15-2/h3-7H,1-2H3,(H2,12,13,14). The summed E-state index contributed by atoms with van der Waals surface area (Å²) in [5, 5.41) is 3.15. The molecule has 2 N–H and O–H groups in total. The zero-order valence-electron chi connectivity index (χ0n) is 8.74. The minimum absolute atomic E-state index is 0.737. The van der Waals surface area contributed by atoms with E-state index >= 15 is 0 Å². The Hall–Kier alpha value is -1.97. The number of aromatic amines is 1. The lowest BCUT2D eigenvalue weighted by molar-refractivity contribution is 0.415. The van der Waals surface area contributed by atoms with Crippen LogP contribution in [0.4, 0.5) is 11.6 Å². The average molecular weight is 203 g/mol. The Morgan fingerprint density at radius 1 is 1.40 bits per heavy atom. The van der Waals surface area contributed by atoms with Crippen molar-refractivity contribution >= 4 is 11.6 Å². The molecule has 2 aromatic rings. The van der Waals surface area contributed by atoms with Gasteiger partial charge in [0.05, 0.1) is 7.11 Å². The van der Waals surface area contributed by atoms with Gasteiger partial charge in [-0.05, 0) is 19.1 Å². The molecule has 0 fully saturated rings. The van der Waals surface area contributed by atoms with Crippen LogP contribution < -0.4 is 10.1 Å². The maximum Gasteiger partial charge on any atom is 0.204 e. The summed E-state index contributed by atoms with van der Waals surface area (Å²) in [7, 11) is 1.65. The topological polar surface area (TPSA) is 49.9 Å². The van der Waals surface area contributed by atoms with Crippen LogP contribution in [0.2, 0.25) is 0 Å². The number of rotatable bonds is 3. The number of ether oxygens (including phenoxy) is 1. The first-order valence-electron chi connectivity index (χ1n) is 4.70. The molecule has 0 saturated heterocycles. The van der Waals surface area contributed by atoms with E-state index in [-0.39, 0.29) is 0 Å². The van der Waals surface area contributed by atoms with Crippen molar-refractivity contribution in [3.8, 4) is 5.75 Å². The molecule has 0 atom stereocenters. The predicted molar refractivity (Wildman–Crippen MR) is 59.6 cm³/mol. The molecule has 0 spiro atoms. The van der Waals surface area contributed by atoms with E-state index in [2.05, 4.69) is 15.3 Å². The van der Waals surface area contributed by atoms with Crippen LogP contribution in [0.15, 0.2) is 30.5 Å². The first-order chi connectivity index (χ1) is 7.28. The smallest absolute Gasteiger partial charge is 0.204 e. The fourth-order valence-electron chi connectivity index (χ4n) is 1.31. The van der Waals surface area contributed by atoms with Gasteiger partial charge in [0.1, 0.15) is 5.75 Å². The molecule has 0 unspecified atom stereocenters. The Bertz CT molecular complexity index is 451. The van der Waals surface area contributed by atoms with Crippen molar-refractivity contribution in [1.82, 2.24) is 9.97 Å². The second-order valence-corrected chi connectivity index (χ2v) is 3.27. The van der Waals surface area contributed by atoms with Gasteiger partial charge in [-0.1, -0.05) is 6.07 Å². The SMILES string of the molecule is COc1cccc(Nc2ncc(C)[nH]2)c1. The number of imidazole rings is 1. The number of anilines is 2. The second kappa shape index (κ2) is 4.04. The molecule has 2 rings (SSSR count). The summed E-state index contributed by atoms with van der Waals surface area (Å²) < 4.78 is 5.13. The van der Waals surface area contributed by atoms with Crippen LogP contribution in [-0.4, -0.2) is 17.1 Å². The van der Waals surface area contributed by atoms with E-state index in [1.165, 1.54) is 0 Å². The average Bonchev–Trinajstić information content (AvgIpc) is 2.64. The number of benzene rings is 1. The molecule has 0 aliphatic carbocycles. The van der Waals surface area contributed by atoms with E-state index in [0.29, 0.717) is 0 Å². The van der Waals surface area contributed by atoms with E-state index in [4.69, 9.17) is 4.74 Å². The van der Waals surface area contributed by atoms with Gasteiger partial charge in [0, 0.05) is 23.6 Å². The van der Waals surface area contributed by atoms with Gasteiger partial charge < -0.3 is 15.0 Å². The van der Waals surface area contributed by atoms with Crippen LogP contribution in [0.5, 0.6) is 5.75 Å². The van der Waals surface area contributed by atoms with Gasteiger partial charge in [-0.15, -0.1) is 0 Å². The van der Waals surface area contributed by atoms with Crippen LogP contribution in [0.25, 0.3) is 0 Å². The van der Waals surface area contributed by atoms with Crippen molar-refractivity contribution in [2.24, 2.45) is 0 Å². The molecule has 4 heteroatoms. The molecule has 0 saturated carbocycles. The summed E-state index contributed by atoms with van der Waals surface area (Å²) in [6.45, 7) is 1.96. The van der Waals surface area contributed by atoms with Crippen molar-refractivity contribution in [3.63, 3.8) is 0 Å². The third-order valence-electron chi connectivity index (χ3n) is 2.04. The number of nitrogens with one attached hydrogen (secondary N) is 2. The van der Waals surface area contributed by atoms with Crippen LogP contribution >= 0.6 is 0 Å². The number of aryl methyl sites for hydroxylation is 1. The molecule has 1 aromatic carbocycles. The van der Waals surface area contributed by atoms with Crippen molar-refractivity contribution in [3.05, 3.63) is 36.2 Å².